The lowest BCUT2D eigenvalue weighted by Crippen LogP contribution is -2.50. The SMILES string of the molecule is [C-]#[N+][C@](O[Si](C)(C)C)(c1ccc(F)cc1F)C(F)(F)c1ccc(-c2ccc(C)cc2)cn1. The summed E-state index contributed by atoms with van der Waals surface area (Å²) in [5.41, 5.74) is -2.06. The zero-order valence-corrected chi connectivity index (χ0v) is 19.1. The molecule has 3 nitrogen and oxygen atoms in total. The normalized spacial score (nSPS) is 14.0. The number of hydrogen-bond donors (Lipinski definition) is 0. The zero-order valence-electron chi connectivity index (χ0n) is 18.1. The minimum atomic E-state index is -4.03. The topological polar surface area (TPSA) is 26.5 Å². The van der Waals surface area contributed by atoms with Crippen LogP contribution in [0.1, 0.15) is 16.8 Å². The largest absolute Gasteiger partial charge is 0.427 e. The van der Waals surface area contributed by atoms with Crippen molar-refractivity contribution in [3.63, 3.8) is 0 Å². The second kappa shape index (κ2) is 8.49. The molecule has 0 saturated heterocycles. The minimum absolute atomic E-state index is 0.465. The van der Waals surface area contributed by atoms with Crippen LogP contribution in [0.5, 0.6) is 0 Å². The summed E-state index contributed by atoms with van der Waals surface area (Å²) >= 11 is 0. The van der Waals surface area contributed by atoms with E-state index in [2.05, 4.69) is 9.83 Å². The third-order valence-electron chi connectivity index (χ3n) is 4.80. The van der Waals surface area contributed by atoms with Crippen LogP contribution in [-0.4, -0.2) is 13.3 Å². The molecule has 0 N–H and O–H groups in total. The number of aryl methyl sites for hydroxylation is 1. The predicted octanol–water partition coefficient (Wildman–Crippen LogP) is 7.05. The fourth-order valence-electron chi connectivity index (χ4n) is 3.32. The third kappa shape index (κ3) is 4.45. The highest BCUT2D eigenvalue weighted by atomic mass is 28.4. The number of nitrogens with zero attached hydrogens (tertiary/aromatic N) is 2. The number of benzene rings is 2. The molecule has 0 spiro atoms. The second-order valence-electron chi connectivity index (χ2n) is 8.47. The lowest BCUT2D eigenvalue weighted by molar-refractivity contribution is -0.162. The highest BCUT2D eigenvalue weighted by molar-refractivity contribution is 6.69. The van der Waals surface area contributed by atoms with Gasteiger partial charge in [0.1, 0.15) is 22.9 Å². The molecule has 0 aliphatic rings. The van der Waals surface area contributed by atoms with Gasteiger partial charge in [-0.1, -0.05) is 35.9 Å². The average Bonchev–Trinajstić information content (AvgIpc) is 2.72. The molecular weight excluding hydrogens is 436 g/mol. The molecule has 0 aliphatic heterocycles. The maximum atomic E-state index is 15.9. The maximum Gasteiger partial charge on any atom is 0.427 e. The Morgan fingerprint density at radius 1 is 0.938 bits per heavy atom. The first kappa shape index (κ1) is 23.6. The number of aromatic nitrogens is 1. The van der Waals surface area contributed by atoms with Gasteiger partial charge in [-0.05, 0) is 50.3 Å². The summed E-state index contributed by atoms with van der Waals surface area (Å²) in [6.45, 7) is 14.4. The maximum absolute atomic E-state index is 15.9. The van der Waals surface area contributed by atoms with Gasteiger partial charge in [0.05, 0.1) is 0 Å². The summed E-state index contributed by atoms with van der Waals surface area (Å²) in [5, 5.41) is 0. The van der Waals surface area contributed by atoms with Crippen LogP contribution in [0.25, 0.3) is 16.0 Å². The molecule has 0 unspecified atom stereocenters. The number of halogens is 4. The molecule has 0 amide bonds. The Morgan fingerprint density at radius 2 is 1.56 bits per heavy atom. The van der Waals surface area contributed by atoms with Gasteiger partial charge in [-0.15, -0.1) is 0 Å². The molecule has 0 aliphatic carbocycles. The molecule has 0 bridgehead atoms. The first-order valence-electron chi connectivity index (χ1n) is 9.85. The molecule has 0 saturated carbocycles. The molecule has 166 valence electrons. The van der Waals surface area contributed by atoms with Crippen LogP contribution in [0.4, 0.5) is 17.6 Å². The molecule has 0 radical (unpaired) electrons. The van der Waals surface area contributed by atoms with Crippen LogP contribution in [0, 0.1) is 25.1 Å². The third-order valence-corrected chi connectivity index (χ3v) is 5.71. The molecule has 8 heteroatoms. The average molecular weight is 459 g/mol. The van der Waals surface area contributed by atoms with Crippen LogP contribution in [0.3, 0.4) is 0 Å². The minimum Gasteiger partial charge on any atom is -0.342 e. The van der Waals surface area contributed by atoms with Crippen LogP contribution >= 0.6 is 0 Å². The van der Waals surface area contributed by atoms with Gasteiger partial charge in [0.2, 0.25) is 0 Å². The smallest absolute Gasteiger partial charge is 0.342 e. The van der Waals surface area contributed by atoms with Crippen molar-refractivity contribution in [3.05, 3.63) is 101 Å². The standard InChI is InChI=1S/C24H22F4N2OSi/c1-16-6-8-17(9-7-16)18-10-13-22(30-15-18)23(27,28)24(29-2,31-32(3,4)5)20-12-11-19(25)14-21(20)26/h6-15H,1,3-5H3/t24-/m0/s1. The second-order valence-corrected chi connectivity index (χ2v) is 12.9. The van der Waals surface area contributed by atoms with Crippen molar-refractivity contribution in [2.45, 2.75) is 38.2 Å². The summed E-state index contributed by atoms with van der Waals surface area (Å²) in [6.07, 6.45) is 1.28. The Balaban J connectivity index is 2.14. The van der Waals surface area contributed by atoms with Crippen molar-refractivity contribution < 1.29 is 22.0 Å². The van der Waals surface area contributed by atoms with Crippen molar-refractivity contribution in [3.8, 4) is 11.1 Å². The van der Waals surface area contributed by atoms with Crippen LogP contribution in [0.2, 0.25) is 19.6 Å². The fourth-order valence-corrected chi connectivity index (χ4v) is 4.49. The van der Waals surface area contributed by atoms with Gasteiger partial charge in [-0.2, -0.15) is 8.78 Å². The Morgan fingerprint density at radius 3 is 2.06 bits per heavy atom. The van der Waals surface area contributed by atoms with Crippen LogP contribution in [0.15, 0.2) is 60.8 Å². The zero-order chi connectivity index (χ0) is 23.7. The molecule has 3 aromatic rings. The lowest BCUT2D eigenvalue weighted by atomic mass is 9.93. The summed E-state index contributed by atoms with van der Waals surface area (Å²) in [4.78, 5) is 7.03. The Labute approximate surface area is 185 Å². The molecule has 1 atom stereocenters. The summed E-state index contributed by atoms with van der Waals surface area (Å²) in [7, 11) is -2.83. The van der Waals surface area contributed by atoms with E-state index < -0.39 is 42.9 Å². The molecule has 32 heavy (non-hydrogen) atoms. The highest BCUT2D eigenvalue weighted by Gasteiger charge is 2.68. The van der Waals surface area contributed by atoms with Gasteiger partial charge in [0.25, 0.3) is 0 Å². The van der Waals surface area contributed by atoms with Crippen molar-refractivity contribution in [2.24, 2.45) is 0 Å². The predicted molar refractivity (Wildman–Crippen MR) is 117 cm³/mol. The van der Waals surface area contributed by atoms with Crippen molar-refractivity contribution in [1.82, 2.24) is 4.98 Å². The number of pyridine rings is 1. The number of alkyl halides is 2. The van der Waals surface area contributed by atoms with Crippen molar-refractivity contribution in [2.75, 3.05) is 0 Å². The van der Waals surface area contributed by atoms with E-state index >= 15 is 8.78 Å². The number of hydrogen-bond acceptors (Lipinski definition) is 2. The van der Waals surface area contributed by atoms with E-state index in [1.807, 2.05) is 31.2 Å². The molecule has 2 aromatic carbocycles. The first-order valence-corrected chi connectivity index (χ1v) is 13.3. The van der Waals surface area contributed by atoms with E-state index in [4.69, 9.17) is 11.0 Å². The molecule has 1 aromatic heterocycles. The van der Waals surface area contributed by atoms with E-state index in [-0.39, 0.29) is 0 Å². The van der Waals surface area contributed by atoms with Gasteiger partial charge in [-0.25, -0.2) is 15.4 Å². The van der Waals surface area contributed by atoms with Crippen molar-refractivity contribution >= 4 is 8.32 Å². The van der Waals surface area contributed by atoms with Gasteiger partial charge >= 0.3 is 11.6 Å². The van der Waals surface area contributed by atoms with Gasteiger partial charge in [0, 0.05) is 17.8 Å². The van der Waals surface area contributed by atoms with Crippen molar-refractivity contribution in [1.29, 1.82) is 0 Å². The van der Waals surface area contributed by atoms with Gasteiger partial charge in [0.15, 0.2) is 8.32 Å². The van der Waals surface area contributed by atoms with E-state index in [0.29, 0.717) is 11.6 Å². The summed E-state index contributed by atoms with van der Waals surface area (Å²) in [6, 6.07) is 12.2. The molecule has 0 fully saturated rings. The Bertz CT molecular complexity index is 1150. The van der Waals surface area contributed by atoms with Gasteiger partial charge in [-0.3, -0.25) is 9.83 Å². The monoisotopic (exact) mass is 458 g/mol. The highest BCUT2D eigenvalue weighted by Crippen LogP contribution is 2.51. The van der Waals surface area contributed by atoms with E-state index in [1.54, 1.807) is 19.6 Å². The van der Waals surface area contributed by atoms with Gasteiger partial charge < -0.3 is 4.43 Å². The van der Waals surface area contributed by atoms with Crippen LogP contribution < -0.4 is 0 Å². The summed E-state index contributed by atoms with van der Waals surface area (Å²) < 4.78 is 65.6. The number of rotatable bonds is 6. The van der Waals surface area contributed by atoms with E-state index in [0.717, 1.165) is 29.3 Å². The summed E-state index contributed by atoms with van der Waals surface area (Å²) in [5.74, 6) is -6.25. The molecule has 1 heterocycles. The Kier molecular flexibility index (Phi) is 6.27. The Hall–Kier alpha value is -3.02. The first-order chi connectivity index (χ1) is 14.9. The molecule has 3 rings (SSSR count). The quantitative estimate of drug-likeness (QED) is 0.225. The molecular formula is C24H22F4N2OSi. The lowest BCUT2D eigenvalue weighted by Gasteiger charge is -2.34. The fraction of sp³-hybridized carbons (Fsp3) is 0.250. The van der Waals surface area contributed by atoms with E-state index in [1.165, 1.54) is 12.3 Å². The van der Waals surface area contributed by atoms with E-state index in [9.17, 15) is 8.78 Å². The van der Waals surface area contributed by atoms with Crippen LogP contribution in [-0.2, 0) is 16.1 Å².